The highest BCUT2D eigenvalue weighted by Crippen LogP contribution is 2.27. The molecule has 1 aliphatic rings. The van der Waals surface area contributed by atoms with Crippen LogP contribution in [0.1, 0.15) is 26.5 Å². The highest BCUT2D eigenvalue weighted by molar-refractivity contribution is 6.09. The molecule has 1 saturated heterocycles. The molecular weight excluding hydrogens is 452 g/mol. The van der Waals surface area contributed by atoms with Crippen molar-refractivity contribution in [1.82, 2.24) is 29.7 Å². The summed E-state index contributed by atoms with van der Waals surface area (Å²) in [5.41, 5.74) is 3.89. The topological polar surface area (TPSA) is 95.1 Å². The Morgan fingerprint density at radius 3 is 2.61 bits per heavy atom. The number of aromatic amines is 1. The molecule has 0 bridgehead atoms. The van der Waals surface area contributed by atoms with Crippen LogP contribution in [0.15, 0.2) is 73.2 Å². The third-order valence-corrected chi connectivity index (χ3v) is 6.70. The van der Waals surface area contributed by atoms with E-state index in [1.165, 1.54) is 0 Å². The fourth-order valence-electron chi connectivity index (χ4n) is 4.62. The van der Waals surface area contributed by atoms with Gasteiger partial charge in [0, 0.05) is 66.8 Å². The second-order valence-electron chi connectivity index (χ2n) is 9.08. The molecule has 5 aromatic rings. The summed E-state index contributed by atoms with van der Waals surface area (Å²) in [6, 6.07) is 16.7. The summed E-state index contributed by atoms with van der Waals surface area (Å²) in [5.74, 6) is -0.0210. The molecule has 0 spiro atoms. The number of piperazine rings is 1. The molecule has 36 heavy (non-hydrogen) atoms. The van der Waals surface area contributed by atoms with Crippen molar-refractivity contribution in [1.29, 1.82) is 0 Å². The smallest absolute Gasteiger partial charge is 0.254 e. The first-order valence-corrected chi connectivity index (χ1v) is 11.9. The molecule has 6 rings (SSSR count). The second kappa shape index (κ2) is 8.98. The third-order valence-electron chi connectivity index (χ3n) is 6.70. The number of hydrogen-bond donors (Lipinski definition) is 1. The summed E-state index contributed by atoms with van der Waals surface area (Å²) in [6.07, 6.45) is 5.20. The van der Waals surface area contributed by atoms with Gasteiger partial charge in [0.05, 0.1) is 16.7 Å². The van der Waals surface area contributed by atoms with Gasteiger partial charge in [0.25, 0.3) is 5.91 Å². The van der Waals surface area contributed by atoms with Crippen LogP contribution in [0.5, 0.6) is 0 Å². The Bertz CT molecular complexity index is 1610. The van der Waals surface area contributed by atoms with Crippen LogP contribution in [-0.4, -0.2) is 74.7 Å². The lowest BCUT2D eigenvalue weighted by molar-refractivity contribution is 0.0664. The first kappa shape index (κ1) is 22.1. The van der Waals surface area contributed by atoms with E-state index in [1.54, 1.807) is 42.7 Å². The Morgan fingerprint density at radius 2 is 1.75 bits per heavy atom. The fourth-order valence-corrected chi connectivity index (χ4v) is 4.62. The van der Waals surface area contributed by atoms with Gasteiger partial charge < -0.3 is 14.8 Å². The van der Waals surface area contributed by atoms with Crippen molar-refractivity contribution in [3.05, 3.63) is 90.1 Å². The molecule has 0 saturated carbocycles. The summed E-state index contributed by atoms with van der Waals surface area (Å²) >= 11 is 0. The molecule has 3 aromatic heterocycles. The quantitative estimate of drug-likeness (QED) is 0.397. The lowest BCUT2D eigenvalue weighted by Crippen LogP contribution is -2.47. The number of carbonyl (C=O) groups excluding carboxylic acids is 2. The highest BCUT2D eigenvalue weighted by atomic mass is 16.2. The molecule has 2 aromatic carbocycles. The number of benzene rings is 2. The van der Waals surface area contributed by atoms with Crippen LogP contribution in [0.25, 0.3) is 33.1 Å². The van der Waals surface area contributed by atoms with Gasteiger partial charge in [-0.25, -0.2) is 4.98 Å². The summed E-state index contributed by atoms with van der Waals surface area (Å²) < 4.78 is 0. The number of rotatable bonds is 4. The van der Waals surface area contributed by atoms with Crippen molar-refractivity contribution in [3.63, 3.8) is 0 Å². The number of likely N-dealkylation sites (N-methyl/N-ethyl adjacent to an activating group) is 1. The third kappa shape index (κ3) is 4.01. The Balaban J connectivity index is 1.29. The number of hydrogen-bond acceptors (Lipinski definition) is 6. The monoisotopic (exact) mass is 476 g/mol. The molecule has 0 radical (unpaired) electrons. The van der Waals surface area contributed by atoms with Gasteiger partial charge in [-0.15, -0.1) is 0 Å². The van der Waals surface area contributed by atoms with Gasteiger partial charge in [0.2, 0.25) is 5.78 Å². The number of H-pyrrole nitrogens is 1. The SMILES string of the molecule is CN1CCN(C(=O)c2ccc3nc(C(=O)c4ccnc(-c5cncc6ccccc56)c4)[nH]c3c2)CC1. The predicted octanol–water partition coefficient (Wildman–Crippen LogP) is 3.79. The van der Waals surface area contributed by atoms with E-state index in [-0.39, 0.29) is 17.5 Å². The number of nitrogens with one attached hydrogen (secondary N) is 1. The number of carbonyl (C=O) groups is 2. The van der Waals surface area contributed by atoms with E-state index in [9.17, 15) is 9.59 Å². The lowest BCUT2D eigenvalue weighted by atomic mass is 10.0. The number of fused-ring (bicyclic) bond motifs is 2. The summed E-state index contributed by atoms with van der Waals surface area (Å²) in [7, 11) is 2.06. The van der Waals surface area contributed by atoms with Crippen molar-refractivity contribution in [3.8, 4) is 11.3 Å². The van der Waals surface area contributed by atoms with Gasteiger partial charge in [-0.1, -0.05) is 24.3 Å². The molecule has 1 N–H and O–H groups in total. The number of aromatic nitrogens is 4. The van der Waals surface area contributed by atoms with Crippen LogP contribution >= 0.6 is 0 Å². The van der Waals surface area contributed by atoms with Gasteiger partial charge in [-0.05, 0) is 42.8 Å². The molecule has 178 valence electrons. The maximum absolute atomic E-state index is 13.3. The summed E-state index contributed by atoms with van der Waals surface area (Å²) in [5, 5.41) is 2.03. The predicted molar refractivity (Wildman–Crippen MR) is 138 cm³/mol. The van der Waals surface area contributed by atoms with Crippen molar-refractivity contribution < 1.29 is 9.59 Å². The molecule has 0 aliphatic carbocycles. The van der Waals surface area contributed by atoms with E-state index in [0.29, 0.717) is 40.9 Å². The minimum absolute atomic E-state index is 0.00468. The van der Waals surface area contributed by atoms with E-state index in [2.05, 4.69) is 31.9 Å². The number of imidazole rings is 1. The molecule has 0 atom stereocenters. The molecule has 1 fully saturated rings. The van der Waals surface area contributed by atoms with Crippen LogP contribution in [0, 0.1) is 0 Å². The molecule has 1 amide bonds. The van der Waals surface area contributed by atoms with Crippen LogP contribution in [0.3, 0.4) is 0 Å². The molecule has 0 unspecified atom stereocenters. The Hall–Kier alpha value is -4.43. The van der Waals surface area contributed by atoms with Gasteiger partial charge in [-0.2, -0.15) is 0 Å². The van der Waals surface area contributed by atoms with Crippen LogP contribution in [0.4, 0.5) is 0 Å². The van der Waals surface area contributed by atoms with Crippen molar-refractivity contribution in [2.75, 3.05) is 33.2 Å². The van der Waals surface area contributed by atoms with E-state index in [0.717, 1.165) is 29.4 Å². The molecule has 8 heteroatoms. The van der Waals surface area contributed by atoms with Gasteiger partial charge >= 0.3 is 0 Å². The molecule has 8 nitrogen and oxygen atoms in total. The van der Waals surface area contributed by atoms with Gasteiger partial charge in [0.15, 0.2) is 5.82 Å². The average molecular weight is 477 g/mol. The lowest BCUT2D eigenvalue weighted by Gasteiger charge is -2.32. The Morgan fingerprint density at radius 1 is 0.917 bits per heavy atom. The van der Waals surface area contributed by atoms with Gasteiger partial charge in [-0.3, -0.25) is 19.6 Å². The van der Waals surface area contributed by atoms with Crippen LogP contribution in [-0.2, 0) is 0 Å². The second-order valence-corrected chi connectivity index (χ2v) is 9.08. The van der Waals surface area contributed by atoms with Crippen molar-refractivity contribution >= 4 is 33.5 Å². The molecule has 4 heterocycles. The van der Waals surface area contributed by atoms with E-state index in [4.69, 9.17) is 0 Å². The minimum Gasteiger partial charge on any atom is -0.336 e. The summed E-state index contributed by atoms with van der Waals surface area (Å²) in [4.78, 5) is 46.8. The molecular formula is C28H24N6O2. The Kier molecular flexibility index (Phi) is 5.50. The number of pyridine rings is 2. The first-order valence-electron chi connectivity index (χ1n) is 11.9. The van der Waals surface area contributed by atoms with Crippen molar-refractivity contribution in [2.24, 2.45) is 0 Å². The van der Waals surface area contributed by atoms with E-state index in [1.807, 2.05) is 35.4 Å². The summed E-state index contributed by atoms with van der Waals surface area (Å²) in [6.45, 7) is 3.13. The van der Waals surface area contributed by atoms with Crippen LogP contribution < -0.4 is 0 Å². The largest absolute Gasteiger partial charge is 0.336 e. The zero-order chi connectivity index (χ0) is 24.6. The van der Waals surface area contributed by atoms with E-state index < -0.39 is 0 Å². The minimum atomic E-state index is -0.241. The Labute approximate surface area is 207 Å². The highest BCUT2D eigenvalue weighted by Gasteiger charge is 2.22. The maximum Gasteiger partial charge on any atom is 0.254 e. The number of amides is 1. The number of nitrogens with zero attached hydrogens (tertiary/aromatic N) is 5. The van der Waals surface area contributed by atoms with Crippen molar-refractivity contribution in [2.45, 2.75) is 0 Å². The van der Waals surface area contributed by atoms with E-state index >= 15 is 0 Å². The standard InChI is InChI=1S/C28H24N6O2/c1-33-10-12-34(13-11-33)28(36)19-6-7-23-25(15-19)32-27(31-23)26(35)18-8-9-30-24(14-18)22-17-29-16-20-4-2-3-5-21(20)22/h2-9,14-17H,10-13H2,1H3,(H,31,32). The maximum atomic E-state index is 13.3. The molecule has 1 aliphatic heterocycles. The zero-order valence-corrected chi connectivity index (χ0v) is 19.8. The zero-order valence-electron chi connectivity index (χ0n) is 19.8. The number of ketones is 1. The normalized spacial score (nSPS) is 14.4. The van der Waals surface area contributed by atoms with Crippen LogP contribution in [0.2, 0.25) is 0 Å². The van der Waals surface area contributed by atoms with Gasteiger partial charge in [0.1, 0.15) is 0 Å². The average Bonchev–Trinajstić information content (AvgIpc) is 3.36. The fraction of sp³-hybridized carbons (Fsp3) is 0.179. The first-order chi connectivity index (χ1) is 17.6.